The van der Waals surface area contributed by atoms with E-state index in [2.05, 4.69) is 55.5 Å². The Hall–Kier alpha value is -3.33. The van der Waals surface area contributed by atoms with E-state index in [4.69, 9.17) is 9.84 Å². The minimum absolute atomic E-state index is 0.906. The first kappa shape index (κ1) is 17.1. The standard InChI is InChI=1S/C24H22N2O/c1-17-20(10-7-11-24(17)27-3)19-13-15-23-21(16-19)22(25-26(23)2)14-12-18-8-5-4-6-9-18/h4-16H,1-3H3/b14-12+. The Bertz CT molecular complexity index is 1120. The molecule has 3 aromatic carbocycles. The lowest BCUT2D eigenvalue weighted by Gasteiger charge is -2.10. The molecule has 3 heteroatoms. The van der Waals surface area contributed by atoms with Crippen molar-refractivity contribution in [3.05, 3.63) is 83.6 Å². The molecule has 0 aliphatic carbocycles. The van der Waals surface area contributed by atoms with Gasteiger partial charge in [0.1, 0.15) is 5.75 Å². The van der Waals surface area contributed by atoms with Crippen LogP contribution in [0.25, 0.3) is 34.2 Å². The lowest BCUT2D eigenvalue weighted by atomic mass is 9.98. The molecule has 0 unspecified atom stereocenters. The summed E-state index contributed by atoms with van der Waals surface area (Å²) in [6, 6.07) is 23.0. The van der Waals surface area contributed by atoms with Crippen LogP contribution in [0, 0.1) is 6.92 Å². The van der Waals surface area contributed by atoms with Crippen LogP contribution in [0.5, 0.6) is 5.75 Å². The first-order valence-corrected chi connectivity index (χ1v) is 9.01. The van der Waals surface area contributed by atoms with Gasteiger partial charge in [0.15, 0.2) is 0 Å². The zero-order valence-corrected chi connectivity index (χ0v) is 15.8. The Kier molecular flexibility index (Phi) is 4.51. The van der Waals surface area contributed by atoms with Crippen LogP contribution in [0.4, 0.5) is 0 Å². The highest BCUT2D eigenvalue weighted by atomic mass is 16.5. The van der Waals surface area contributed by atoms with Crippen LogP contribution in [0.2, 0.25) is 0 Å². The van der Waals surface area contributed by atoms with Crippen LogP contribution in [-0.4, -0.2) is 16.9 Å². The largest absolute Gasteiger partial charge is 0.496 e. The molecular weight excluding hydrogens is 332 g/mol. The zero-order valence-electron chi connectivity index (χ0n) is 15.8. The van der Waals surface area contributed by atoms with Gasteiger partial charge >= 0.3 is 0 Å². The summed E-state index contributed by atoms with van der Waals surface area (Å²) in [5.41, 5.74) is 6.74. The molecule has 0 atom stereocenters. The maximum Gasteiger partial charge on any atom is 0.122 e. The molecule has 0 aliphatic rings. The fraction of sp³-hybridized carbons (Fsp3) is 0.125. The van der Waals surface area contributed by atoms with Gasteiger partial charge in [-0.15, -0.1) is 0 Å². The Morgan fingerprint density at radius 3 is 2.52 bits per heavy atom. The number of hydrogen-bond donors (Lipinski definition) is 0. The van der Waals surface area contributed by atoms with Gasteiger partial charge in [0, 0.05) is 12.4 Å². The van der Waals surface area contributed by atoms with Gasteiger partial charge in [-0.25, -0.2) is 0 Å². The molecular formula is C24H22N2O. The zero-order chi connectivity index (χ0) is 18.8. The van der Waals surface area contributed by atoms with Gasteiger partial charge in [-0.3, -0.25) is 4.68 Å². The highest BCUT2D eigenvalue weighted by Gasteiger charge is 2.11. The molecule has 4 rings (SSSR count). The molecule has 4 aromatic rings. The lowest BCUT2D eigenvalue weighted by molar-refractivity contribution is 0.412. The predicted molar refractivity (Wildman–Crippen MR) is 113 cm³/mol. The molecule has 1 aromatic heterocycles. The second-order valence-corrected chi connectivity index (χ2v) is 6.62. The van der Waals surface area contributed by atoms with Crippen molar-refractivity contribution in [3.8, 4) is 16.9 Å². The number of rotatable bonds is 4. The van der Waals surface area contributed by atoms with E-state index in [0.717, 1.165) is 33.5 Å². The second kappa shape index (κ2) is 7.12. The molecule has 27 heavy (non-hydrogen) atoms. The summed E-state index contributed by atoms with van der Waals surface area (Å²) in [7, 11) is 3.70. The number of benzene rings is 3. The van der Waals surface area contributed by atoms with Crippen LogP contribution >= 0.6 is 0 Å². The Morgan fingerprint density at radius 2 is 1.74 bits per heavy atom. The van der Waals surface area contributed by atoms with Crippen LogP contribution in [0.3, 0.4) is 0 Å². The SMILES string of the molecule is COc1cccc(-c2ccc3c(c2)c(/C=C/c2ccccc2)nn3C)c1C. The van der Waals surface area contributed by atoms with Crippen LogP contribution in [0.1, 0.15) is 16.8 Å². The van der Waals surface area contributed by atoms with Crippen molar-refractivity contribution in [1.82, 2.24) is 9.78 Å². The Morgan fingerprint density at radius 1 is 0.926 bits per heavy atom. The first-order valence-electron chi connectivity index (χ1n) is 9.01. The third-order valence-corrected chi connectivity index (χ3v) is 4.93. The van der Waals surface area contributed by atoms with Crippen molar-refractivity contribution in [2.45, 2.75) is 6.92 Å². The highest BCUT2D eigenvalue weighted by molar-refractivity contribution is 5.93. The van der Waals surface area contributed by atoms with Gasteiger partial charge in [-0.2, -0.15) is 5.10 Å². The molecule has 0 amide bonds. The molecule has 0 bridgehead atoms. The monoisotopic (exact) mass is 354 g/mol. The molecule has 134 valence electrons. The molecule has 0 saturated heterocycles. The van der Waals surface area contributed by atoms with Gasteiger partial charge in [0.2, 0.25) is 0 Å². The van der Waals surface area contributed by atoms with Crippen LogP contribution in [0.15, 0.2) is 66.7 Å². The van der Waals surface area contributed by atoms with E-state index in [-0.39, 0.29) is 0 Å². The average Bonchev–Trinajstić information content (AvgIpc) is 3.02. The van der Waals surface area contributed by atoms with Crippen molar-refractivity contribution < 1.29 is 4.74 Å². The summed E-state index contributed by atoms with van der Waals surface area (Å²) in [4.78, 5) is 0. The van der Waals surface area contributed by atoms with Gasteiger partial charge < -0.3 is 4.74 Å². The maximum absolute atomic E-state index is 5.48. The second-order valence-electron chi connectivity index (χ2n) is 6.62. The van der Waals surface area contributed by atoms with Gasteiger partial charge in [-0.1, -0.05) is 54.6 Å². The normalized spacial score (nSPS) is 11.4. The van der Waals surface area contributed by atoms with Gasteiger partial charge in [-0.05, 0) is 53.5 Å². The molecule has 0 radical (unpaired) electrons. The van der Waals surface area contributed by atoms with Gasteiger partial charge in [0.25, 0.3) is 0 Å². The number of aryl methyl sites for hydroxylation is 1. The number of nitrogens with zero attached hydrogens (tertiary/aromatic N) is 2. The third-order valence-electron chi connectivity index (χ3n) is 4.93. The van der Waals surface area contributed by atoms with E-state index in [1.165, 1.54) is 11.1 Å². The summed E-state index contributed by atoms with van der Waals surface area (Å²) in [5, 5.41) is 5.84. The molecule has 3 nitrogen and oxygen atoms in total. The fourth-order valence-electron chi connectivity index (χ4n) is 3.47. The van der Waals surface area contributed by atoms with Crippen molar-refractivity contribution in [1.29, 1.82) is 0 Å². The minimum Gasteiger partial charge on any atom is -0.496 e. The molecule has 0 saturated carbocycles. The van der Waals surface area contributed by atoms with E-state index in [0.29, 0.717) is 0 Å². The maximum atomic E-state index is 5.48. The number of ether oxygens (including phenoxy) is 1. The highest BCUT2D eigenvalue weighted by Crippen LogP contribution is 2.32. The van der Waals surface area contributed by atoms with Crippen molar-refractivity contribution >= 4 is 23.1 Å². The van der Waals surface area contributed by atoms with Crippen LogP contribution < -0.4 is 4.74 Å². The number of fused-ring (bicyclic) bond motifs is 1. The summed E-state index contributed by atoms with van der Waals surface area (Å²) < 4.78 is 7.42. The van der Waals surface area contributed by atoms with E-state index in [9.17, 15) is 0 Å². The Balaban J connectivity index is 1.81. The van der Waals surface area contributed by atoms with E-state index < -0.39 is 0 Å². The minimum atomic E-state index is 0.906. The molecule has 0 N–H and O–H groups in total. The third kappa shape index (κ3) is 3.24. The molecule has 0 aliphatic heterocycles. The Labute approximate surface area is 159 Å². The van der Waals surface area contributed by atoms with E-state index >= 15 is 0 Å². The topological polar surface area (TPSA) is 27.1 Å². The quantitative estimate of drug-likeness (QED) is 0.468. The van der Waals surface area contributed by atoms with Crippen molar-refractivity contribution in [2.75, 3.05) is 7.11 Å². The summed E-state index contributed by atoms with van der Waals surface area (Å²) in [5.74, 6) is 0.906. The predicted octanol–water partition coefficient (Wildman–Crippen LogP) is 5.73. The smallest absolute Gasteiger partial charge is 0.122 e. The fourth-order valence-corrected chi connectivity index (χ4v) is 3.47. The number of aromatic nitrogens is 2. The van der Waals surface area contributed by atoms with E-state index in [1.807, 2.05) is 42.1 Å². The van der Waals surface area contributed by atoms with Crippen molar-refractivity contribution in [3.63, 3.8) is 0 Å². The van der Waals surface area contributed by atoms with Crippen molar-refractivity contribution in [2.24, 2.45) is 7.05 Å². The molecule has 1 heterocycles. The van der Waals surface area contributed by atoms with Crippen LogP contribution in [-0.2, 0) is 7.05 Å². The number of hydrogen-bond acceptors (Lipinski definition) is 2. The average molecular weight is 354 g/mol. The van der Waals surface area contributed by atoms with Gasteiger partial charge in [0.05, 0.1) is 18.3 Å². The lowest BCUT2D eigenvalue weighted by Crippen LogP contribution is -1.91. The summed E-state index contributed by atoms with van der Waals surface area (Å²) in [6.45, 7) is 2.10. The molecule has 0 spiro atoms. The number of methoxy groups -OCH3 is 1. The first-order chi connectivity index (χ1) is 13.2. The molecule has 0 fully saturated rings. The summed E-state index contributed by atoms with van der Waals surface area (Å²) >= 11 is 0. The summed E-state index contributed by atoms with van der Waals surface area (Å²) in [6.07, 6.45) is 4.19. The van der Waals surface area contributed by atoms with E-state index in [1.54, 1.807) is 7.11 Å².